The van der Waals surface area contributed by atoms with E-state index in [1.807, 2.05) is 0 Å². The van der Waals surface area contributed by atoms with Gasteiger partial charge in [0.15, 0.2) is 0 Å². The van der Waals surface area contributed by atoms with Crippen molar-refractivity contribution in [1.82, 2.24) is 0 Å². The van der Waals surface area contributed by atoms with Crippen molar-refractivity contribution in [3.8, 4) is 0 Å². The van der Waals surface area contributed by atoms with E-state index in [1.54, 1.807) is 19.3 Å². The van der Waals surface area contributed by atoms with E-state index in [0.717, 1.165) is 30.1 Å². The standard InChI is InChI=1S/C15H25Cl/c1-3-14(16)10(2)15-7-11-4-12(8-15)6-13(5-11)9-15/h10-14H,3-9H2,1-2H3. The molecular formula is C15H25Cl. The first kappa shape index (κ1) is 11.4. The summed E-state index contributed by atoms with van der Waals surface area (Å²) in [6, 6.07) is 0. The molecule has 16 heavy (non-hydrogen) atoms. The average molecular weight is 241 g/mol. The van der Waals surface area contributed by atoms with E-state index in [-0.39, 0.29) is 0 Å². The third-order valence-corrected chi connectivity index (χ3v) is 6.67. The first-order valence-corrected chi connectivity index (χ1v) is 7.70. The molecule has 4 bridgehead atoms. The SMILES string of the molecule is CCC(Cl)C(C)C12CC3CC(CC(C3)C1)C2. The molecule has 0 aromatic carbocycles. The molecule has 0 amide bonds. The Morgan fingerprint density at radius 1 is 1.06 bits per heavy atom. The van der Waals surface area contributed by atoms with Gasteiger partial charge in [-0.2, -0.15) is 0 Å². The van der Waals surface area contributed by atoms with E-state index >= 15 is 0 Å². The van der Waals surface area contributed by atoms with E-state index in [1.165, 1.54) is 19.3 Å². The fourth-order valence-corrected chi connectivity index (χ4v) is 5.74. The van der Waals surface area contributed by atoms with Gasteiger partial charge in [0.1, 0.15) is 0 Å². The van der Waals surface area contributed by atoms with Crippen molar-refractivity contribution in [3.05, 3.63) is 0 Å². The molecule has 0 spiro atoms. The largest absolute Gasteiger partial charge is 0.123 e. The molecule has 1 heteroatoms. The predicted octanol–water partition coefficient (Wildman–Crippen LogP) is 4.86. The fourth-order valence-electron chi connectivity index (χ4n) is 5.47. The maximum Gasteiger partial charge on any atom is 0.0364 e. The Labute approximate surface area is 105 Å². The van der Waals surface area contributed by atoms with Crippen molar-refractivity contribution in [2.45, 2.75) is 64.2 Å². The maximum atomic E-state index is 6.55. The second kappa shape index (κ2) is 3.90. The summed E-state index contributed by atoms with van der Waals surface area (Å²) < 4.78 is 0. The van der Waals surface area contributed by atoms with Gasteiger partial charge >= 0.3 is 0 Å². The van der Waals surface area contributed by atoms with Gasteiger partial charge in [0, 0.05) is 5.38 Å². The van der Waals surface area contributed by atoms with Gasteiger partial charge in [0.05, 0.1) is 0 Å². The van der Waals surface area contributed by atoms with Crippen LogP contribution < -0.4 is 0 Å². The summed E-state index contributed by atoms with van der Waals surface area (Å²) in [5, 5.41) is 0.413. The molecule has 0 aromatic rings. The minimum atomic E-state index is 0.413. The summed E-state index contributed by atoms with van der Waals surface area (Å²) in [6.45, 7) is 4.68. The second-order valence-corrected chi connectivity index (χ2v) is 7.55. The molecule has 0 aromatic heterocycles. The van der Waals surface area contributed by atoms with Gasteiger partial charge in [0.2, 0.25) is 0 Å². The highest BCUT2D eigenvalue weighted by molar-refractivity contribution is 6.20. The minimum absolute atomic E-state index is 0.413. The van der Waals surface area contributed by atoms with Gasteiger partial charge in [0.25, 0.3) is 0 Å². The summed E-state index contributed by atoms with van der Waals surface area (Å²) >= 11 is 6.55. The van der Waals surface area contributed by atoms with Gasteiger partial charge in [-0.25, -0.2) is 0 Å². The van der Waals surface area contributed by atoms with Crippen molar-refractivity contribution in [2.75, 3.05) is 0 Å². The third-order valence-electron chi connectivity index (χ3n) is 5.98. The molecular weight excluding hydrogens is 216 g/mol. The molecule has 4 rings (SSSR count). The lowest BCUT2D eigenvalue weighted by Gasteiger charge is -2.59. The first-order valence-electron chi connectivity index (χ1n) is 7.27. The number of alkyl halides is 1. The lowest BCUT2D eigenvalue weighted by atomic mass is 9.46. The van der Waals surface area contributed by atoms with Crippen LogP contribution in [0.1, 0.15) is 58.8 Å². The molecule has 0 aliphatic heterocycles. The van der Waals surface area contributed by atoms with Gasteiger partial charge in [-0.15, -0.1) is 11.6 Å². The van der Waals surface area contributed by atoms with Gasteiger partial charge in [-0.3, -0.25) is 0 Å². The quantitative estimate of drug-likeness (QED) is 0.619. The Morgan fingerprint density at radius 2 is 1.50 bits per heavy atom. The van der Waals surface area contributed by atoms with Crippen LogP contribution in [0, 0.1) is 29.1 Å². The van der Waals surface area contributed by atoms with Crippen LogP contribution in [0.4, 0.5) is 0 Å². The maximum absolute atomic E-state index is 6.55. The highest BCUT2D eigenvalue weighted by atomic mass is 35.5. The summed E-state index contributed by atoms with van der Waals surface area (Å²) in [5.74, 6) is 3.94. The molecule has 0 N–H and O–H groups in total. The van der Waals surface area contributed by atoms with Crippen LogP contribution in [-0.2, 0) is 0 Å². The van der Waals surface area contributed by atoms with E-state index in [9.17, 15) is 0 Å². The Hall–Kier alpha value is 0.290. The van der Waals surface area contributed by atoms with Crippen LogP contribution in [0.5, 0.6) is 0 Å². The summed E-state index contributed by atoms with van der Waals surface area (Å²) in [6.07, 6.45) is 10.3. The molecule has 0 radical (unpaired) electrons. The van der Waals surface area contributed by atoms with Crippen molar-refractivity contribution >= 4 is 11.6 Å². The molecule has 4 saturated carbocycles. The number of rotatable bonds is 3. The Bertz CT molecular complexity index is 235. The van der Waals surface area contributed by atoms with Crippen molar-refractivity contribution < 1.29 is 0 Å². The van der Waals surface area contributed by atoms with Gasteiger partial charge < -0.3 is 0 Å². The number of hydrogen-bond donors (Lipinski definition) is 0. The van der Waals surface area contributed by atoms with E-state index in [4.69, 9.17) is 11.6 Å². The highest BCUT2D eigenvalue weighted by Crippen LogP contribution is 2.63. The van der Waals surface area contributed by atoms with Crippen molar-refractivity contribution in [2.24, 2.45) is 29.1 Å². The number of halogens is 1. The molecule has 2 atom stereocenters. The van der Waals surface area contributed by atoms with E-state index < -0.39 is 0 Å². The molecule has 2 unspecified atom stereocenters. The summed E-state index contributed by atoms with van der Waals surface area (Å²) in [7, 11) is 0. The molecule has 0 nitrogen and oxygen atoms in total. The molecule has 4 fully saturated rings. The minimum Gasteiger partial charge on any atom is -0.123 e. The Balaban J connectivity index is 1.82. The first-order chi connectivity index (χ1) is 7.63. The topological polar surface area (TPSA) is 0 Å². The highest BCUT2D eigenvalue weighted by Gasteiger charge is 2.53. The zero-order valence-corrected chi connectivity index (χ0v) is 11.5. The van der Waals surface area contributed by atoms with Crippen LogP contribution in [0.3, 0.4) is 0 Å². The summed E-state index contributed by atoms with van der Waals surface area (Å²) in [4.78, 5) is 0. The van der Waals surface area contributed by atoms with Crippen LogP contribution in [0.2, 0.25) is 0 Å². The average Bonchev–Trinajstić information content (AvgIpc) is 2.25. The second-order valence-electron chi connectivity index (χ2n) is 6.99. The molecule has 0 saturated heterocycles. The van der Waals surface area contributed by atoms with Crippen LogP contribution in [0.25, 0.3) is 0 Å². The smallest absolute Gasteiger partial charge is 0.0364 e. The number of hydrogen-bond acceptors (Lipinski definition) is 0. The monoisotopic (exact) mass is 240 g/mol. The zero-order valence-electron chi connectivity index (χ0n) is 10.7. The van der Waals surface area contributed by atoms with Crippen molar-refractivity contribution in [1.29, 1.82) is 0 Å². The molecule has 4 aliphatic carbocycles. The van der Waals surface area contributed by atoms with E-state index in [2.05, 4.69) is 13.8 Å². The Kier molecular flexibility index (Phi) is 2.78. The summed E-state index contributed by atoms with van der Waals surface area (Å²) in [5.41, 5.74) is 0.650. The zero-order chi connectivity index (χ0) is 11.3. The molecule has 92 valence electrons. The predicted molar refractivity (Wildman–Crippen MR) is 69.7 cm³/mol. The Morgan fingerprint density at radius 3 is 1.88 bits per heavy atom. The van der Waals surface area contributed by atoms with Crippen LogP contribution >= 0.6 is 11.6 Å². The fraction of sp³-hybridized carbons (Fsp3) is 1.00. The van der Waals surface area contributed by atoms with Crippen LogP contribution in [-0.4, -0.2) is 5.38 Å². The lowest BCUT2D eigenvalue weighted by Crippen LogP contribution is -2.50. The third kappa shape index (κ3) is 1.64. The van der Waals surface area contributed by atoms with E-state index in [0.29, 0.717) is 10.8 Å². The van der Waals surface area contributed by atoms with Gasteiger partial charge in [-0.1, -0.05) is 13.8 Å². The van der Waals surface area contributed by atoms with Crippen LogP contribution in [0.15, 0.2) is 0 Å². The van der Waals surface area contributed by atoms with Crippen molar-refractivity contribution in [3.63, 3.8) is 0 Å². The molecule has 4 aliphatic rings. The normalized spacial score (nSPS) is 49.3. The molecule has 0 heterocycles. The lowest BCUT2D eigenvalue weighted by molar-refractivity contribution is -0.0838. The van der Waals surface area contributed by atoms with Gasteiger partial charge in [-0.05, 0) is 74.0 Å².